The van der Waals surface area contributed by atoms with E-state index in [-0.39, 0.29) is 18.8 Å². The number of hydrogen-bond acceptors (Lipinski definition) is 3. The van der Waals surface area contributed by atoms with Crippen LogP contribution in [0.25, 0.3) is 0 Å². The lowest BCUT2D eigenvalue weighted by atomic mass is 10.4. The lowest BCUT2D eigenvalue weighted by Crippen LogP contribution is -2.11. The van der Waals surface area contributed by atoms with Crippen molar-refractivity contribution < 1.29 is 19.4 Å². The Labute approximate surface area is 58.7 Å². The van der Waals surface area contributed by atoms with Gasteiger partial charge in [0.25, 0.3) is 0 Å². The second-order valence-corrected chi connectivity index (χ2v) is 2.29. The molecule has 58 valence electrons. The van der Waals surface area contributed by atoms with E-state index in [1.54, 1.807) is 0 Å². The molecule has 0 aromatic carbocycles. The number of rotatable bonds is 4. The Morgan fingerprint density at radius 2 is 2.40 bits per heavy atom. The molecule has 2 atom stereocenters. The van der Waals surface area contributed by atoms with Crippen molar-refractivity contribution in [3.63, 3.8) is 0 Å². The molecule has 1 aliphatic heterocycles. The minimum Gasteiger partial charge on any atom is -0.480 e. The average molecular weight is 146 g/mol. The van der Waals surface area contributed by atoms with Gasteiger partial charge in [0.05, 0.1) is 12.7 Å². The predicted octanol–water partition coefficient (Wildman–Crippen LogP) is -0.125. The highest BCUT2D eigenvalue weighted by Gasteiger charge is 2.34. The monoisotopic (exact) mass is 146 g/mol. The van der Waals surface area contributed by atoms with Crippen LogP contribution in [0.15, 0.2) is 0 Å². The molecule has 1 rings (SSSR count). The largest absolute Gasteiger partial charge is 0.480 e. The van der Waals surface area contributed by atoms with E-state index in [9.17, 15) is 4.79 Å². The van der Waals surface area contributed by atoms with Gasteiger partial charge in [-0.05, 0) is 6.92 Å². The van der Waals surface area contributed by atoms with Crippen molar-refractivity contribution in [1.82, 2.24) is 0 Å². The van der Waals surface area contributed by atoms with Gasteiger partial charge < -0.3 is 14.6 Å². The van der Waals surface area contributed by atoms with Gasteiger partial charge >= 0.3 is 5.97 Å². The van der Waals surface area contributed by atoms with Crippen LogP contribution in [0.2, 0.25) is 0 Å². The maximum absolute atomic E-state index is 9.92. The SMILES string of the molecule is CC1OC1COCC(=O)O. The minimum atomic E-state index is -0.937. The normalized spacial score (nSPS) is 30.1. The summed E-state index contributed by atoms with van der Waals surface area (Å²) in [5.41, 5.74) is 0. The number of aliphatic carboxylic acids is 1. The summed E-state index contributed by atoms with van der Waals surface area (Å²) in [7, 11) is 0. The van der Waals surface area contributed by atoms with Crippen LogP contribution in [0.1, 0.15) is 6.92 Å². The van der Waals surface area contributed by atoms with Crippen LogP contribution in [-0.4, -0.2) is 36.5 Å². The van der Waals surface area contributed by atoms with E-state index >= 15 is 0 Å². The fourth-order valence-corrected chi connectivity index (χ4v) is 0.668. The molecular formula is C6H10O4. The van der Waals surface area contributed by atoms with Crippen LogP contribution in [0.5, 0.6) is 0 Å². The lowest BCUT2D eigenvalue weighted by molar-refractivity contribution is -0.142. The topological polar surface area (TPSA) is 59.1 Å². The van der Waals surface area contributed by atoms with Gasteiger partial charge in [-0.1, -0.05) is 0 Å². The van der Waals surface area contributed by atoms with Crippen LogP contribution in [-0.2, 0) is 14.3 Å². The van der Waals surface area contributed by atoms with Gasteiger partial charge in [-0.2, -0.15) is 0 Å². The number of hydrogen-bond donors (Lipinski definition) is 1. The van der Waals surface area contributed by atoms with Crippen molar-refractivity contribution in [1.29, 1.82) is 0 Å². The third-order valence-corrected chi connectivity index (χ3v) is 1.34. The highest BCUT2D eigenvalue weighted by atomic mass is 16.6. The van der Waals surface area contributed by atoms with Crippen LogP contribution in [0.4, 0.5) is 0 Å². The Morgan fingerprint density at radius 1 is 1.80 bits per heavy atom. The molecule has 0 aromatic heterocycles. The highest BCUT2D eigenvalue weighted by Crippen LogP contribution is 2.20. The van der Waals surface area contributed by atoms with E-state index in [0.29, 0.717) is 6.61 Å². The quantitative estimate of drug-likeness (QED) is 0.561. The first kappa shape index (κ1) is 7.50. The van der Waals surface area contributed by atoms with E-state index in [2.05, 4.69) is 0 Å². The van der Waals surface area contributed by atoms with Gasteiger partial charge in [-0.15, -0.1) is 0 Å². The molecule has 0 bridgehead atoms. The molecule has 10 heavy (non-hydrogen) atoms. The number of carboxylic acid groups (broad SMARTS) is 1. The summed E-state index contributed by atoms with van der Waals surface area (Å²) in [6.45, 7) is 2.09. The zero-order valence-electron chi connectivity index (χ0n) is 5.74. The average Bonchev–Trinajstić information content (AvgIpc) is 2.46. The molecule has 0 aliphatic carbocycles. The number of carboxylic acids is 1. The second kappa shape index (κ2) is 2.98. The molecule has 2 unspecified atom stereocenters. The Kier molecular flexibility index (Phi) is 2.24. The molecule has 4 heteroatoms. The first-order valence-electron chi connectivity index (χ1n) is 3.15. The summed E-state index contributed by atoms with van der Waals surface area (Å²) in [4.78, 5) is 9.92. The first-order valence-corrected chi connectivity index (χ1v) is 3.15. The van der Waals surface area contributed by atoms with E-state index in [0.717, 1.165) is 0 Å². The summed E-state index contributed by atoms with van der Waals surface area (Å²) in [5, 5.41) is 8.15. The molecule has 0 spiro atoms. The zero-order chi connectivity index (χ0) is 7.56. The van der Waals surface area contributed by atoms with Crippen molar-refractivity contribution in [2.45, 2.75) is 19.1 Å². The molecule has 0 saturated carbocycles. The van der Waals surface area contributed by atoms with E-state index in [1.165, 1.54) is 0 Å². The zero-order valence-corrected chi connectivity index (χ0v) is 5.74. The molecule has 0 aromatic rings. The Hall–Kier alpha value is -0.610. The van der Waals surface area contributed by atoms with Crippen LogP contribution < -0.4 is 0 Å². The van der Waals surface area contributed by atoms with Crippen LogP contribution in [0, 0.1) is 0 Å². The molecular weight excluding hydrogens is 136 g/mol. The van der Waals surface area contributed by atoms with Gasteiger partial charge in [-0.3, -0.25) is 0 Å². The van der Waals surface area contributed by atoms with E-state index < -0.39 is 5.97 Å². The fourth-order valence-electron chi connectivity index (χ4n) is 0.668. The first-order chi connectivity index (χ1) is 4.70. The minimum absolute atomic E-state index is 0.124. The molecule has 4 nitrogen and oxygen atoms in total. The van der Waals surface area contributed by atoms with Crippen molar-refractivity contribution in [3.8, 4) is 0 Å². The third-order valence-electron chi connectivity index (χ3n) is 1.34. The van der Waals surface area contributed by atoms with Gasteiger partial charge in [0.2, 0.25) is 0 Å². The number of carbonyl (C=O) groups is 1. The fraction of sp³-hybridized carbons (Fsp3) is 0.833. The van der Waals surface area contributed by atoms with Crippen molar-refractivity contribution >= 4 is 5.97 Å². The van der Waals surface area contributed by atoms with Crippen LogP contribution >= 0.6 is 0 Å². The second-order valence-electron chi connectivity index (χ2n) is 2.29. The maximum Gasteiger partial charge on any atom is 0.329 e. The number of epoxide rings is 1. The highest BCUT2D eigenvalue weighted by molar-refractivity contribution is 5.67. The van der Waals surface area contributed by atoms with Gasteiger partial charge in [0.15, 0.2) is 0 Å². The van der Waals surface area contributed by atoms with Crippen molar-refractivity contribution in [3.05, 3.63) is 0 Å². The summed E-state index contributed by atoms with van der Waals surface area (Å²) in [6.07, 6.45) is 0.369. The maximum atomic E-state index is 9.92. The molecule has 0 radical (unpaired) electrons. The van der Waals surface area contributed by atoms with Crippen molar-refractivity contribution in [2.75, 3.05) is 13.2 Å². The van der Waals surface area contributed by atoms with Crippen LogP contribution in [0.3, 0.4) is 0 Å². The molecule has 1 saturated heterocycles. The smallest absolute Gasteiger partial charge is 0.329 e. The Morgan fingerprint density at radius 3 is 2.80 bits per heavy atom. The molecule has 0 amide bonds. The standard InChI is InChI=1S/C6H10O4/c1-4-5(10-4)2-9-3-6(7)8/h4-5H,2-3H2,1H3,(H,7,8). The van der Waals surface area contributed by atoms with E-state index in [4.69, 9.17) is 14.6 Å². The molecule has 1 N–H and O–H groups in total. The van der Waals surface area contributed by atoms with Crippen molar-refractivity contribution in [2.24, 2.45) is 0 Å². The van der Waals surface area contributed by atoms with Gasteiger partial charge in [0, 0.05) is 0 Å². The molecule has 1 aliphatic rings. The van der Waals surface area contributed by atoms with E-state index in [1.807, 2.05) is 6.92 Å². The van der Waals surface area contributed by atoms with Gasteiger partial charge in [-0.25, -0.2) is 4.79 Å². The Balaban J connectivity index is 1.91. The summed E-state index contributed by atoms with van der Waals surface area (Å²) in [6, 6.07) is 0. The third kappa shape index (κ3) is 2.33. The molecule has 1 fully saturated rings. The number of ether oxygens (including phenoxy) is 2. The summed E-state index contributed by atoms with van der Waals surface area (Å²) < 4.78 is 9.75. The lowest BCUT2D eigenvalue weighted by Gasteiger charge is -1.94. The summed E-state index contributed by atoms with van der Waals surface area (Å²) >= 11 is 0. The molecule has 1 heterocycles. The van der Waals surface area contributed by atoms with Gasteiger partial charge in [0.1, 0.15) is 12.7 Å². The summed E-state index contributed by atoms with van der Waals surface area (Å²) in [5.74, 6) is -0.937. The Bertz CT molecular complexity index is 134. The predicted molar refractivity (Wildman–Crippen MR) is 32.8 cm³/mol.